The number of hydrogen-bond acceptors (Lipinski definition) is 7. The van der Waals surface area contributed by atoms with Gasteiger partial charge in [-0.15, -0.1) is 5.10 Å². The summed E-state index contributed by atoms with van der Waals surface area (Å²) in [6.07, 6.45) is 5.61. The zero-order valence-corrected chi connectivity index (χ0v) is 24.3. The Morgan fingerprint density at radius 2 is 1.87 bits per heavy atom. The SMILES string of the molecule is CCCc1nc(C)c2c(=O)[nH]c(-c3cc(S(=O)(=O)N4CCC5(CCCN(CC)C5)CC4)ccc3OCC)nn12. The first-order valence-corrected chi connectivity index (χ1v) is 15.6. The zero-order valence-electron chi connectivity index (χ0n) is 23.5. The lowest BCUT2D eigenvalue weighted by Crippen LogP contribution is -2.50. The van der Waals surface area contributed by atoms with Crippen molar-refractivity contribution in [1.29, 1.82) is 0 Å². The van der Waals surface area contributed by atoms with Crippen LogP contribution in [-0.2, 0) is 16.4 Å². The largest absolute Gasteiger partial charge is 0.493 e. The van der Waals surface area contributed by atoms with Crippen molar-refractivity contribution in [2.45, 2.75) is 71.1 Å². The van der Waals surface area contributed by atoms with E-state index in [-0.39, 0.29) is 21.7 Å². The number of benzene rings is 1. The van der Waals surface area contributed by atoms with Crippen molar-refractivity contribution >= 4 is 15.5 Å². The Balaban J connectivity index is 1.49. The molecule has 5 rings (SSSR count). The summed E-state index contributed by atoms with van der Waals surface area (Å²) in [5.74, 6) is 1.42. The van der Waals surface area contributed by atoms with Crippen molar-refractivity contribution in [3.63, 3.8) is 0 Å². The third-order valence-corrected chi connectivity index (χ3v) is 10.2. The number of fused-ring (bicyclic) bond motifs is 1. The average molecular weight is 557 g/mol. The molecule has 0 saturated carbocycles. The van der Waals surface area contributed by atoms with Gasteiger partial charge in [0.15, 0.2) is 11.3 Å². The molecule has 2 fully saturated rings. The number of H-pyrrole nitrogens is 1. The van der Waals surface area contributed by atoms with E-state index in [0.29, 0.717) is 54.5 Å². The number of aryl methyl sites for hydroxylation is 2. The molecule has 0 aliphatic carbocycles. The second kappa shape index (κ2) is 11.0. The summed E-state index contributed by atoms with van der Waals surface area (Å²) in [5.41, 5.74) is 1.34. The van der Waals surface area contributed by atoms with Crippen LogP contribution in [0.15, 0.2) is 27.9 Å². The number of aromatic nitrogens is 4. The van der Waals surface area contributed by atoms with Crippen LogP contribution in [0, 0.1) is 12.3 Å². The van der Waals surface area contributed by atoms with Crippen LogP contribution in [-0.4, -0.2) is 76.5 Å². The Morgan fingerprint density at radius 3 is 2.56 bits per heavy atom. The summed E-state index contributed by atoms with van der Waals surface area (Å²) >= 11 is 0. The van der Waals surface area contributed by atoms with Gasteiger partial charge in [-0.3, -0.25) is 4.79 Å². The molecule has 4 heterocycles. The summed E-state index contributed by atoms with van der Waals surface area (Å²) in [7, 11) is -3.74. The fourth-order valence-electron chi connectivity index (χ4n) is 6.22. The molecule has 1 aromatic carbocycles. The van der Waals surface area contributed by atoms with Crippen LogP contribution in [0.3, 0.4) is 0 Å². The van der Waals surface area contributed by atoms with E-state index in [9.17, 15) is 13.2 Å². The van der Waals surface area contributed by atoms with E-state index < -0.39 is 10.0 Å². The van der Waals surface area contributed by atoms with E-state index in [1.807, 2.05) is 13.8 Å². The Labute approximate surface area is 230 Å². The lowest BCUT2D eigenvalue weighted by atomic mass is 9.73. The summed E-state index contributed by atoms with van der Waals surface area (Å²) in [4.78, 5) is 23.1. The Morgan fingerprint density at radius 1 is 1.10 bits per heavy atom. The van der Waals surface area contributed by atoms with Crippen LogP contribution in [0.25, 0.3) is 16.9 Å². The Hall–Kier alpha value is -2.76. The van der Waals surface area contributed by atoms with E-state index in [1.165, 1.54) is 12.8 Å². The molecule has 212 valence electrons. The number of imidazole rings is 1. The quantitative estimate of drug-likeness (QED) is 0.451. The molecular formula is C28H40N6O4S. The van der Waals surface area contributed by atoms with E-state index in [4.69, 9.17) is 9.84 Å². The summed E-state index contributed by atoms with van der Waals surface area (Å²) in [6.45, 7) is 12.5. The lowest BCUT2D eigenvalue weighted by Gasteiger charge is -2.47. The van der Waals surface area contributed by atoms with Crippen molar-refractivity contribution < 1.29 is 13.2 Å². The molecule has 3 aromatic rings. The smallest absolute Gasteiger partial charge is 0.277 e. The van der Waals surface area contributed by atoms with Gasteiger partial charge >= 0.3 is 0 Å². The number of piperidine rings is 2. The van der Waals surface area contributed by atoms with Crippen molar-refractivity contribution in [1.82, 2.24) is 28.8 Å². The highest BCUT2D eigenvalue weighted by Gasteiger charge is 2.41. The monoisotopic (exact) mass is 556 g/mol. The fourth-order valence-corrected chi connectivity index (χ4v) is 7.69. The van der Waals surface area contributed by atoms with E-state index in [2.05, 4.69) is 21.8 Å². The maximum atomic E-state index is 13.8. The number of nitrogens with zero attached hydrogens (tertiary/aromatic N) is 5. The molecule has 0 amide bonds. The minimum absolute atomic E-state index is 0.175. The van der Waals surface area contributed by atoms with Crippen LogP contribution >= 0.6 is 0 Å². The second-order valence-corrected chi connectivity index (χ2v) is 12.8. The number of likely N-dealkylation sites (tertiary alicyclic amines) is 1. The first-order chi connectivity index (χ1) is 18.7. The minimum atomic E-state index is -3.74. The normalized spacial score (nSPS) is 18.7. The Kier molecular flexibility index (Phi) is 7.85. The van der Waals surface area contributed by atoms with Crippen LogP contribution in [0.2, 0.25) is 0 Å². The fraction of sp³-hybridized carbons (Fsp3) is 0.607. The van der Waals surface area contributed by atoms with Crippen molar-refractivity contribution in [2.24, 2.45) is 5.41 Å². The molecule has 1 spiro atoms. The van der Waals surface area contributed by atoms with E-state index in [1.54, 1.807) is 33.9 Å². The van der Waals surface area contributed by atoms with Crippen molar-refractivity contribution in [3.8, 4) is 17.1 Å². The number of nitrogens with one attached hydrogen (secondary N) is 1. The highest BCUT2D eigenvalue weighted by Crippen LogP contribution is 2.41. The Bertz CT molecular complexity index is 1500. The van der Waals surface area contributed by atoms with Gasteiger partial charge in [0.25, 0.3) is 5.56 Å². The van der Waals surface area contributed by atoms with Crippen LogP contribution in [0.4, 0.5) is 0 Å². The van der Waals surface area contributed by atoms with Gasteiger partial charge in [0.2, 0.25) is 10.0 Å². The molecule has 2 aromatic heterocycles. The number of rotatable bonds is 8. The summed E-state index contributed by atoms with van der Waals surface area (Å²) < 4.78 is 36.7. The summed E-state index contributed by atoms with van der Waals surface area (Å²) in [6, 6.07) is 4.83. The molecule has 2 saturated heterocycles. The number of ether oxygens (including phenoxy) is 1. The number of aromatic amines is 1. The van der Waals surface area contributed by atoms with Crippen molar-refractivity contribution in [3.05, 3.63) is 40.1 Å². The molecule has 2 aliphatic heterocycles. The topological polar surface area (TPSA) is 113 Å². The van der Waals surface area contributed by atoms with Crippen molar-refractivity contribution in [2.75, 3.05) is 39.3 Å². The first-order valence-electron chi connectivity index (χ1n) is 14.2. The van der Waals surface area contributed by atoms with Gasteiger partial charge in [0.05, 0.1) is 22.8 Å². The highest BCUT2D eigenvalue weighted by atomic mass is 32.2. The zero-order chi connectivity index (χ0) is 27.8. The third-order valence-electron chi connectivity index (χ3n) is 8.33. The maximum absolute atomic E-state index is 13.8. The van der Waals surface area contributed by atoms with Crippen LogP contribution in [0.5, 0.6) is 5.75 Å². The minimum Gasteiger partial charge on any atom is -0.493 e. The maximum Gasteiger partial charge on any atom is 0.277 e. The molecule has 0 radical (unpaired) electrons. The van der Waals surface area contributed by atoms with Crippen LogP contribution in [0.1, 0.15) is 64.4 Å². The van der Waals surface area contributed by atoms with E-state index in [0.717, 1.165) is 38.9 Å². The predicted octanol–water partition coefficient (Wildman–Crippen LogP) is 3.63. The summed E-state index contributed by atoms with van der Waals surface area (Å²) in [5, 5.41) is 4.70. The van der Waals surface area contributed by atoms with Gasteiger partial charge < -0.3 is 14.6 Å². The molecule has 39 heavy (non-hydrogen) atoms. The predicted molar refractivity (Wildman–Crippen MR) is 151 cm³/mol. The second-order valence-electron chi connectivity index (χ2n) is 10.9. The number of hydrogen-bond donors (Lipinski definition) is 1. The van der Waals surface area contributed by atoms with Gasteiger partial charge in [-0.1, -0.05) is 13.8 Å². The molecule has 11 heteroatoms. The van der Waals surface area contributed by atoms with E-state index >= 15 is 0 Å². The molecule has 1 N–H and O–H groups in total. The average Bonchev–Trinajstić information content (AvgIpc) is 3.24. The molecule has 2 aliphatic rings. The molecular weight excluding hydrogens is 516 g/mol. The number of sulfonamides is 1. The van der Waals surface area contributed by atoms with Gasteiger partial charge in [-0.25, -0.2) is 17.9 Å². The lowest BCUT2D eigenvalue weighted by molar-refractivity contribution is 0.0460. The molecule has 0 unspecified atom stereocenters. The first kappa shape index (κ1) is 27.8. The van der Waals surface area contributed by atoms with Gasteiger partial charge in [-0.05, 0) is 82.7 Å². The third kappa shape index (κ3) is 5.24. The van der Waals surface area contributed by atoms with Crippen LogP contribution < -0.4 is 10.3 Å². The highest BCUT2D eigenvalue weighted by molar-refractivity contribution is 7.89. The van der Waals surface area contributed by atoms with Gasteiger partial charge in [0.1, 0.15) is 11.6 Å². The standard InChI is InChI=1S/C28H40N6O4S/c1-5-9-24-29-20(4)25-27(35)30-26(31-34(24)25)22-18-21(10-11-23(22)38-7-3)39(36,37)33-16-13-28(14-17-33)12-8-15-32(6-2)19-28/h10-11,18H,5-9,12-17,19H2,1-4H3,(H,30,31,35). The molecule has 0 atom stereocenters. The van der Waals surface area contributed by atoms with Gasteiger partial charge in [-0.2, -0.15) is 4.31 Å². The van der Waals surface area contributed by atoms with Gasteiger partial charge in [0, 0.05) is 26.1 Å². The molecule has 0 bridgehead atoms. The molecule has 10 nitrogen and oxygen atoms in total.